The van der Waals surface area contributed by atoms with Crippen LogP contribution in [0.2, 0.25) is 0 Å². The molecule has 0 saturated carbocycles. The van der Waals surface area contributed by atoms with Crippen LogP contribution in [0.15, 0.2) is 18.3 Å². The quantitative estimate of drug-likeness (QED) is 0.717. The van der Waals surface area contributed by atoms with Gasteiger partial charge in [-0.25, -0.2) is 0 Å². The Kier molecular flexibility index (Phi) is 2.44. The van der Waals surface area contributed by atoms with Gasteiger partial charge in [-0.3, -0.25) is 5.10 Å². The molecule has 0 aliphatic heterocycles. The van der Waals surface area contributed by atoms with E-state index >= 15 is 0 Å². The molecule has 0 unspecified atom stereocenters. The molecule has 4 N–H and O–H groups in total. The number of anilines is 1. The van der Waals surface area contributed by atoms with Gasteiger partial charge in [-0.1, -0.05) is 0 Å². The van der Waals surface area contributed by atoms with Crippen LogP contribution in [-0.4, -0.2) is 22.4 Å². The van der Waals surface area contributed by atoms with E-state index in [0.29, 0.717) is 11.6 Å². The lowest BCUT2D eigenvalue weighted by molar-refractivity contribution is 0.371. The number of phenolic OH excluding ortho intramolecular Hbond substituents is 1. The minimum Gasteiger partial charge on any atom is -0.504 e. The average molecular weight is 219 g/mol. The Labute approximate surface area is 92.9 Å². The van der Waals surface area contributed by atoms with E-state index in [-0.39, 0.29) is 5.75 Å². The number of aromatic hydroxyl groups is 1. The number of aryl methyl sites for hydroxylation is 1. The van der Waals surface area contributed by atoms with Crippen molar-refractivity contribution in [2.45, 2.75) is 6.92 Å². The number of hydrogen-bond donors (Lipinski definition) is 3. The summed E-state index contributed by atoms with van der Waals surface area (Å²) in [6.45, 7) is 1.86. The van der Waals surface area contributed by atoms with Crippen molar-refractivity contribution in [2.24, 2.45) is 0 Å². The third kappa shape index (κ3) is 1.56. The van der Waals surface area contributed by atoms with E-state index in [1.54, 1.807) is 12.3 Å². The molecule has 5 heteroatoms. The van der Waals surface area contributed by atoms with Gasteiger partial charge in [-0.15, -0.1) is 0 Å². The molecule has 0 bridgehead atoms. The molecule has 2 aromatic rings. The highest BCUT2D eigenvalue weighted by Gasteiger charge is 2.11. The zero-order valence-electron chi connectivity index (χ0n) is 9.11. The highest BCUT2D eigenvalue weighted by molar-refractivity contribution is 5.75. The Morgan fingerprint density at radius 2 is 2.19 bits per heavy atom. The topological polar surface area (TPSA) is 84.2 Å². The van der Waals surface area contributed by atoms with E-state index < -0.39 is 0 Å². The van der Waals surface area contributed by atoms with Gasteiger partial charge >= 0.3 is 0 Å². The lowest BCUT2D eigenvalue weighted by Gasteiger charge is -2.09. The normalized spacial score (nSPS) is 10.4. The summed E-state index contributed by atoms with van der Waals surface area (Å²) in [6, 6.07) is 3.49. The number of methoxy groups -OCH3 is 1. The van der Waals surface area contributed by atoms with E-state index in [1.165, 1.54) is 7.11 Å². The molecular formula is C11H13N3O2. The van der Waals surface area contributed by atoms with Crippen molar-refractivity contribution in [2.75, 3.05) is 12.8 Å². The Morgan fingerprint density at radius 1 is 1.44 bits per heavy atom. The van der Waals surface area contributed by atoms with E-state index in [0.717, 1.165) is 16.7 Å². The zero-order valence-corrected chi connectivity index (χ0v) is 9.11. The van der Waals surface area contributed by atoms with Crippen LogP contribution in [0.3, 0.4) is 0 Å². The summed E-state index contributed by atoms with van der Waals surface area (Å²) in [5, 5.41) is 16.3. The number of ether oxygens (including phenoxy) is 1. The second-order valence-electron chi connectivity index (χ2n) is 3.54. The number of aromatic nitrogens is 2. The number of hydrogen-bond acceptors (Lipinski definition) is 4. The summed E-state index contributed by atoms with van der Waals surface area (Å²) in [6.07, 6.45) is 1.62. The van der Waals surface area contributed by atoms with Crippen LogP contribution < -0.4 is 10.5 Å². The molecule has 0 aliphatic carbocycles. The van der Waals surface area contributed by atoms with Crippen LogP contribution in [0.25, 0.3) is 11.1 Å². The minimum absolute atomic E-state index is 0.0955. The summed E-state index contributed by atoms with van der Waals surface area (Å²) in [7, 11) is 1.52. The van der Waals surface area contributed by atoms with Gasteiger partial charge in [-0.05, 0) is 30.2 Å². The largest absolute Gasteiger partial charge is 0.504 e. The maximum absolute atomic E-state index is 9.77. The molecule has 1 aromatic carbocycles. The Hall–Kier alpha value is -2.17. The predicted octanol–water partition coefficient (Wildman–Crippen LogP) is 1.68. The van der Waals surface area contributed by atoms with Gasteiger partial charge in [0.2, 0.25) is 0 Å². The lowest BCUT2D eigenvalue weighted by Crippen LogP contribution is -1.91. The molecule has 0 saturated heterocycles. The number of H-pyrrole nitrogens is 1. The van der Waals surface area contributed by atoms with Crippen molar-refractivity contribution in [3.8, 4) is 22.6 Å². The standard InChI is InChI=1S/C11H13N3O2/c1-6-3-7(4-9(15)10(6)16-2)8-5-13-14-11(8)12/h3-5,15H,1-2H3,(H3,12,13,14). The first kappa shape index (κ1) is 10.4. The molecular weight excluding hydrogens is 206 g/mol. The van der Waals surface area contributed by atoms with Gasteiger partial charge in [0.25, 0.3) is 0 Å². The van der Waals surface area contributed by atoms with Gasteiger partial charge in [0.15, 0.2) is 11.5 Å². The predicted molar refractivity (Wildman–Crippen MR) is 61.4 cm³/mol. The van der Waals surface area contributed by atoms with Crippen LogP contribution in [-0.2, 0) is 0 Å². The highest BCUT2D eigenvalue weighted by Crippen LogP contribution is 2.36. The molecule has 0 fully saturated rings. The monoisotopic (exact) mass is 219 g/mol. The van der Waals surface area contributed by atoms with E-state index in [1.807, 2.05) is 13.0 Å². The third-order valence-electron chi connectivity index (χ3n) is 2.44. The fraction of sp³-hybridized carbons (Fsp3) is 0.182. The Balaban J connectivity index is 2.57. The van der Waals surface area contributed by atoms with Gasteiger partial charge in [0, 0.05) is 5.56 Å². The Morgan fingerprint density at radius 3 is 2.69 bits per heavy atom. The number of rotatable bonds is 2. The van der Waals surface area contributed by atoms with Crippen LogP contribution >= 0.6 is 0 Å². The first-order chi connectivity index (χ1) is 7.63. The fourth-order valence-corrected chi connectivity index (χ4v) is 1.70. The summed E-state index contributed by atoms with van der Waals surface area (Å²) in [5.74, 6) is 1.05. The van der Waals surface area contributed by atoms with E-state index in [2.05, 4.69) is 10.2 Å². The molecule has 1 heterocycles. The van der Waals surface area contributed by atoms with Gasteiger partial charge in [-0.2, -0.15) is 5.10 Å². The minimum atomic E-state index is 0.0955. The molecule has 0 amide bonds. The first-order valence-corrected chi connectivity index (χ1v) is 4.80. The number of nitrogens with one attached hydrogen (secondary N) is 1. The summed E-state index contributed by atoms with van der Waals surface area (Å²) < 4.78 is 5.07. The van der Waals surface area contributed by atoms with Crippen molar-refractivity contribution in [3.63, 3.8) is 0 Å². The lowest BCUT2D eigenvalue weighted by atomic mass is 10.0. The first-order valence-electron chi connectivity index (χ1n) is 4.80. The van der Waals surface area contributed by atoms with E-state index in [4.69, 9.17) is 10.5 Å². The van der Waals surface area contributed by atoms with Crippen LogP contribution in [0, 0.1) is 6.92 Å². The maximum atomic E-state index is 9.77. The van der Waals surface area contributed by atoms with Gasteiger partial charge < -0.3 is 15.6 Å². The van der Waals surface area contributed by atoms with Gasteiger partial charge in [0.1, 0.15) is 5.82 Å². The summed E-state index contributed by atoms with van der Waals surface area (Å²) >= 11 is 0. The molecule has 2 rings (SSSR count). The third-order valence-corrected chi connectivity index (χ3v) is 2.44. The van der Waals surface area contributed by atoms with Crippen molar-refractivity contribution in [3.05, 3.63) is 23.9 Å². The molecule has 0 spiro atoms. The molecule has 5 nitrogen and oxygen atoms in total. The van der Waals surface area contributed by atoms with E-state index in [9.17, 15) is 5.11 Å². The van der Waals surface area contributed by atoms with Gasteiger partial charge in [0.05, 0.1) is 13.3 Å². The molecule has 1 aromatic heterocycles. The zero-order chi connectivity index (χ0) is 11.7. The van der Waals surface area contributed by atoms with Crippen LogP contribution in [0.5, 0.6) is 11.5 Å². The smallest absolute Gasteiger partial charge is 0.163 e. The number of nitrogens with zero attached hydrogens (tertiary/aromatic N) is 1. The second kappa shape index (κ2) is 3.77. The van der Waals surface area contributed by atoms with Crippen molar-refractivity contribution in [1.29, 1.82) is 0 Å². The molecule has 0 atom stereocenters. The average Bonchev–Trinajstić information content (AvgIpc) is 2.64. The highest BCUT2D eigenvalue weighted by atomic mass is 16.5. The maximum Gasteiger partial charge on any atom is 0.163 e. The summed E-state index contributed by atoms with van der Waals surface area (Å²) in [4.78, 5) is 0. The number of phenols is 1. The molecule has 84 valence electrons. The van der Waals surface area contributed by atoms with Crippen LogP contribution in [0.1, 0.15) is 5.56 Å². The van der Waals surface area contributed by atoms with Crippen LogP contribution in [0.4, 0.5) is 5.82 Å². The second-order valence-corrected chi connectivity index (χ2v) is 3.54. The van der Waals surface area contributed by atoms with Crippen molar-refractivity contribution < 1.29 is 9.84 Å². The molecule has 16 heavy (non-hydrogen) atoms. The summed E-state index contributed by atoms with van der Waals surface area (Å²) in [5.41, 5.74) is 8.13. The number of nitrogens with two attached hydrogens (primary N) is 1. The van der Waals surface area contributed by atoms with Crippen molar-refractivity contribution >= 4 is 5.82 Å². The fourth-order valence-electron chi connectivity index (χ4n) is 1.70. The number of aromatic amines is 1. The number of nitrogen functional groups attached to an aromatic ring is 1. The SMILES string of the molecule is COc1c(C)cc(-c2cn[nH]c2N)cc1O. The molecule has 0 aliphatic rings. The van der Waals surface area contributed by atoms with Crippen molar-refractivity contribution in [1.82, 2.24) is 10.2 Å². The molecule has 0 radical (unpaired) electrons. The number of benzene rings is 1. The Bertz CT molecular complexity index is 497.